The summed E-state index contributed by atoms with van der Waals surface area (Å²) in [6, 6.07) is 0. The summed E-state index contributed by atoms with van der Waals surface area (Å²) in [6.45, 7) is 4.57. The molecular weight excluding hydrogens is 558 g/mol. The first-order valence-electron chi connectivity index (χ1n) is 21.3. The van der Waals surface area contributed by atoms with E-state index in [0.717, 1.165) is 12.8 Å². The van der Waals surface area contributed by atoms with Crippen molar-refractivity contribution in [1.82, 2.24) is 0 Å². The van der Waals surface area contributed by atoms with Crippen molar-refractivity contribution in [2.45, 2.75) is 245 Å². The van der Waals surface area contributed by atoms with E-state index < -0.39 is 0 Å². The Kier molecular flexibility index (Phi) is 39.2. The topological polar surface area (TPSA) is 43.1 Å². The van der Waals surface area contributed by atoms with Crippen molar-refractivity contribution < 1.29 is 4.79 Å². The number of carbonyl (C=O) groups excluding carboxylic acids is 1. The molecule has 0 aromatic carbocycles. The molecular formula is C44H85NO. The summed E-state index contributed by atoms with van der Waals surface area (Å²) in [7, 11) is 0. The lowest BCUT2D eigenvalue weighted by Gasteiger charge is -2.13. The predicted octanol–water partition coefficient (Wildman–Crippen LogP) is 15.3. The molecule has 1 amide bonds. The van der Waals surface area contributed by atoms with Gasteiger partial charge in [0, 0.05) is 5.92 Å². The van der Waals surface area contributed by atoms with Gasteiger partial charge in [0.1, 0.15) is 0 Å². The normalized spacial score (nSPS) is 12.6. The molecule has 2 N–H and O–H groups in total. The van der Waals surface area contributed by atoms with Crippen LogP contribution < -0.4 is 5.73 Å². The average molecular weight is 644 g/mol. The summed E-state index contributed by atoms with van der Waals surface area (Å²) >= 11 is 0. The van der Waals surface area contributed by atoms with Crippen LogP contribution in [0.25, 0.3) is 0 Å². The fourth-order valence-corrected chi connectivity index (χ4v) is 6.77. The molecule has 0 aliphatic rings. The molecule has 272 valence electrons. The standard InChI is InChI=1S/C44H85NO/c1-3-5-7-9-11-13-15-17-19-21-23-24-26-28-30-32-34-36-38-40-42-43(44(45)46)41-39-37-35-33-31-29-27-25-22-20-18-16-14-12-10-8-6-4-2/h17-20,43H,3-16,21-42H2,1-2H3,(H2,45,46)/b19-17-,20-18-. The van der Waals surface area contributed by atoms with E-state index in [1.165, 1.54) is 218 Å². The molecule has 0 radical (unpaired) electrons. The molecule has 1 atom stereocenters. The second kappa shape index (κ2) is 40.1. The van der Waals surface area contributed by atoms with Gasteiger partial charge in [-0.15, -0.1) is 0 Å². The van der Waals surface area contributed by atoms with Gasteiger partial charge in [-0.2, -0.15) is 0 Å². The van der Waals surface area contributed by atoms with Gasteiger partial charge >= 0.3 is 0 Å². The third kappa shape index (κ3) is 37.4. The molecule has 0 saturated heterocycles. The third-order valence-corrected chi connectivity index (χ3v) is 10.0. The molecule has 46 heavy (non-hydrogen) atoms. The number of nitrogens with two attached hydrogens (primary N) is 1. The van der Waals surface area contributed by atoms with E-state index in [-0.39, 0.29) is 11.8 Å². The fraction of sp³-hybridized carbons (Fsp3) is 0.886. The molecule has 0 fully saturated rings. The number of amides is 1. The van der Waals surface area contributed by atoms with E-state index >= 15 is 0 Å². The Bertz CT molecular complexity index is 638. The molecule has 0 aliphatic carbocycles. The molecule has 0 spiro atoms. The Morgan fingerprint density at radius 2 is 0.587 bits per heavy atom. The van der Waals surface area contributed by atoms with Crippen molar-refractivity contribution in [2.75, 3.05) is 0 Å². The third-order valence-electron chi connectivity index (χ3n) is 10.0. The number of primary amides is 1. The Balaban J connectivity index is 3.41. The van der Waals surface area contributed by atoms with E-state index in [9.17, 15) is 4.79 Å². The summed E-state index contributed by atoms with van der Waals surface area (Å²) in [4.78, 5) is 12.0. The number of carbonyl (C=O) groups is 1. The highest BCUT2D eigenvalue weighted by molar-refractivity contribution is 5.76. The summed E-state index contributed by atoms with van der Waals surface area (Å²) in [5, 5.41) is 0. The van der Waals surface area contributed by atoms with E-state index in [1.807, 2.05) is 0 Å². The molecule has 2 heteroatoms. The van der Waals surface area contributed by atoms with Crippen LogP contribution in [-0.2, 0) is 4.79 Å². The molecule has 1 unspecified atom stereocenters. The minimum absolute atomic E-state index is 0.0608. The SMILES string of the molecule is CCCCCCCC/C=C\CCCCCCCCCCCCC(CCCCCCCCCC/C=C\CCCCCCCC)C(N)=O. The largest absolute Gasteiger partial charge is 0.369 e. The molecule has 0 aromatic heterocycles. The molecule has 0 heterocycles. The minimum atomic E-state index is -0.0608. The first-order chi connectivity index (χ1) is 22.7. The summed E-state index contributed by atoms with van der Waals surface area (Å²) < 4.78 is 0. The molecule has 0 aromatic rings. The summed E-state index contributed by atoms with van der Waals surface area (Å²) in [5.41, 5.74) is 5.75. The van der Waals surface area contributed by atoms with E-state index in [0.29, 0.717) is 0 Å². The van der Waals surface area contributed by atoms with Crippen LogP contribution in [0.4, 0.5) is 0 Å². The van der Waals surface area contributed by atoms with Crippen molar-refractivity contribution in [1.29, 1.82) is 0 Å². The van der Waals surface area contributed by atoms with Gasteiger partial charge in [-0.3, -0.25) is 4.79 Å². The number of hydrogen-bond acceptors (Lipinski definition) is 1. The van der Waals surface area contributed by atoms with Gasteiger partial charge in [-0.25, -0.2) is 0 Å². The predicted molar refractivity (Wildman–Crippen MR) is 209 cm³/mol. The minimum Gasteiger partial charge on any atom is -0.369 e. The molecule has 0 aliphatic heterocycles. The van der Waals surface area contributed by atoms with Crippen molar-refractivity contribution in [3.05, 3.63) is 24.3 Å². The smallest absolute Gasteiger partial charge is 0.220 e. The zero-order valence-corrected chi connectivity index (χ0v) is 31.8. The Morgan fingerprint density at radius 1 is 0.370 bits per heavy atom. The summed E-state index contributed by atoms with van der Waals surface area (Å²) in [6.07, 6.45) is 57.7. The lowest BCUT2D eigenvalue weighted by molar-refractivity contribution is -0.122. The highest BCUT2D eigenvalue weighted by atomic mass is 16.1. The van der Waals surface area contributed by atoms with Crippen LogP contribution in [0.2, 0.25) is 0 Å². The van der Waals surface area contributed by atoms with Gasteiger partial charge < -0.3 is 5.73 Å². The first-order valence-corrected chi connectivity index (χ1v) is 21.3. The maximum absolute atomic E-state index is 12.0. The van der Waals surface area contributed by atoms with Gasteiger partial charge in [0.25, 0.3) is 0 Å². The zero-order chi connectivity index (χ0) is 33.4. The second-order valence-electron chi connectivity index (χ2n) is 14.7. The first kappa shape index (κ1) is 45.0. The molecule has 0 bridgehead atoms. The Labute approximate surface area is 291 Å². The molecule has 0 rings (SSSR count). The van der Waals surface area contributed by atoms with Crippen LogP contribution >= 0.6 is 0 Å². The lowest BCUT2D eigenvalue weighted by atomic mass is 9.93. The number of unbranched alkanes of at least 4 members (excludes halogenated alkanes) is 30. The van der Waals surface area contributed by atoms with Gasteiger partial charge in [0.05, 0.1) is 0 Å². The van der Waals surface area contributed by atoms with E-state index in [4.69, 9.17) is 5.73 Å². The van der Waals surface area contributed by atoms with Crippen LogP contribution in [-0.4, -0.2) is 5.91 Å². The van der Waals surface area contributed by atoms with Crippen molar-refractivity contribution >= 4 is 5.91 Å². The maximum atomic E-state index is 12.0. The Morgan fingerprint density at radius 3 is 0.826 bits per heavy atom. The van der Waals surface area contributed by atoms with Crippen molar-refractivity contribution in [3.63, 3.8) is 0 Å². The molecule has 2 nitrogen and oxygen atoms in total. The lowest BCUT2D eigenvalue weighted by Crippen LogP contribution is -2.23. The highest BCUT2D eigenvalue weighted by Gasteiger charge is 2.14. The van der Waals surface area contributed by atoms with Gasteiger partial charge in [0.2, 0.25) is 5.91 Å². The monoisotopic (exact) mass is 644 g/mol. The van der Waals surface area contributed by atoms with Gasteiger partial charge in [-0.1, -0.05) is 205 Å². The van der Waals surface area contributed by atoms with Crippen LogP contribution in [0.15, 0.2) is 24.3 Å². The summed E-state index contributed by atoms with van der Waals surface area (Å²) in [5.74, 6) is 0.0498. The average Bonchev–Trinajstić information content (AvgIpc) is 3.05. The van der Waals surface area contributed by atoms with Crippen LogP contribution in [0.3, 0.4) is 0 Å². The van der Waals surface area contributed by atoms with Crippen molar-refractivity contribution in [3.8, 4) is 0 Å². The van der Waals surface area contributed by atoms with E-state index in [2.05, 4.69) is 38.2 Å². The maximum Gasteiger partial charge on any atom is 0.220 e. The van der Waals surface area contributed by atoms with Crippen LogP contribution in [0, 0.1) is 5.92 Å². The van der Waals surface area contributed by atoms with Gasteiger partial charge in [-0.05, 0) is 64.2 Å². The number of rotatable bonds is 39. The highest BCUT2D eigenvalue weighted by Crippen LogP contribution is 2.20. The fourth-order valence-electron chi connectivity index (χ4n) is 6.77. The number of hydrogen-bond donors (Lipinski definition) is 1. The molecule has 0 saturated carbocycles. The van der Waals surface area contributed by atoms with Crippen LogP contribution in [0.1, 0.15) is 245 Å². The second-order valence-corrected chi connectivity index (χ2v) is 14.7. The number of allylic oxidation sites excluding steroid dienone is 4. The quantitative estimate of drug-likeness (QED) is 0.0525. The Hall–Kier alpha value is -1.05. The van der Waals surface area contributed by atoms with Crippen LogP contribution in [0.5, 0.6) is 0 Å². The van der Waals surface area contributed by atoms with Crippen molar-refractivity contribution in [2.24, 2.45) is 11.7 Å². The zero-order valence-electron chi connectivity index (χ0n) is 31.8. The van der Waals surface area contributed by atoms with E-state index in [1.54, 1.807) is 0 Å². The van der Waals surface area contributed by atoms with Gasteiger partial charge in [0.15, 0.2) is 0 Å².